The fourth-order valence-corrected chi connectivity index (χ4v) is 0.515. The van der Waals surface area contributed by atoms with Gasteiger partial charge in [-0.1, -0.05) is 0 Å². The summed E-state index contributed by atoms with van der Waals surface area (Å²) in [6.45, 7) is 1.25. The third-order valence-electron chi connectivity index (χ3n) is 0.833. The maximum absolute atomic E-state index is 10.7. The van der Waals surface area contributed by atoms with Crippen LogP contribution in [0.4, 0.5) is 0 Å². The second kappa shape index (κ2) is 4.29. The number of imide groups is 1. The van der Waals surface area contributed by atoms with Crippen molar-refractivity contribution in [3.05, 3.63) is 0 Å². The summed E-state index contributed by atoms with van der Waals surface area (Å²) in [6, 6.07) is -0.702. The highest BCUT2D eigenvalue weighted by Gasteiger charge is 2.11. The van der Waals surface area contributed by atoms with Crippen molar-refractivity contribution in [3.63, 3.8) is 0 Å². The van der Waals surface area contributed by atoms with Crippen LogP contribution in [-0.4, -0.2) is 23.6 Å². The normalized spacial score (nSPS) is 12.3. The van der Waals surface area contributed by atoms with Gasteiger partial charge in [-0.3, -0.25) is 14.9 Å². The molecule has 5 heteroatoms. The fourth-order valence-electron chi connectivity index (χ4n) is 0.349. The standard InChI is InChI=1S/C5H10N2O2S/c1-3(8)7-5(9)4(6)2-10/h4,10H,2,6H2,1H3,(H,7,8,9)/t4-/m0/s1. The number of carbonyl (C=O) groups is 2. The molecule has 0 aromatic heterocycles. The fraction of sp³-hybridized carbons (Fsp3) is 0.600. The molecule has 0 aliphatic carbocycles. The van der Waals surface area contributed by atoms with Gasteiger partial charge in [0.05, 0.1) is 6.04 Å². The Morgan fingerprint density at radius 3 is 2.50 bits per heavy atom. The smallest absolute Gasteiger partial charge is 0.244 e. The summed E-state index contributed by atoms with van der Waals surface area (Å²) in [7, 11) is 0. The van der Waals surface area contributed by atoms with Gasteiger partial charge in [0.25, 0.3) is 0 Å². The second-order valence-corrected chi connectivity index (χ2v) is 2.20. The highest BCUT2D eigenvalue weighted by Crippen LogP contribution is 1.82. The molecule has 0 aliphatic rings. The number of rotatable bonds is 2. The Hall–Kier alpha value is -0.550. The monoisotopic (exact) mass is 162 g/mol. The summed E-state index contributed by atoms with van der Waals surface area (Å²) in [5, 5.41) is 2.04. The van der Waals surface area contributed by atoms with Gasteiger partial charge < -0.3 is 5.73 Å². The van der Waals surface area contributed by atoms with E-state index in [1.807, 2.05) is 5.32 Å². The van der Waals surface area contributed by atoms with E-state index in [2.05, 4.69) is 12.6 Å². The minimum absolute atomic E-state index is 0.235. The first-order chi connectivity index (χ1) is 4.57. The van der Waals surface area contributed by atoms with Crippen molar-refractivity contribution in [2.75, 3.05) is 5.75 Å². The molecule has 0 saturated heterocycles. The molecule has 0 aromatic carbocycles. The van der Waals surface area contributed by atoms with Gasteiger partial charge in [0.15, 0.2) is 0 Å². The zero-order valence-electron chi connectivity index (χ0n) is 5.63. The van der Waals surface area contributed by atoms with Crippen LogP contribution >= 0.6 is 12.6 Å². The molecule has 3 N–H and O–H groups in total. The number of thiol groups is 1. The SMILES string of the molecule is CC(=O)NC(=O)[C@@H](N)CS. The van der Waals surface area contributed by atoms with Crippen molar-refractivity contribution in [1.29, 1.82) is 0 Å². The lowest BCUT2D eigenvalue weighted by Gasteiger charge is -2.05. The number of nitrogens with one attached hydrogen (secondary N) is 1. The minimum Gasteiger partial charge on any atom is -0.319 e. The predicted octanol–water partition coefficient (Wildman–Crippen LogP) is -1.09. The average Bonchev–Trinajstić information content (AvgIpc) is 1.85. The van der Waals surface area contributed by atoms with E-state index in [0.29, 0.717) is 0 Å². The Morgan fingerprint density at radius 1 is 1.70 bits per heavy atom. The van der Waals surface area contributed by atoms with Gasteiger partial charge in [0.2, 0.25) is 11.8 Å². The van der Waals surface area contributed by atoms with Crippen LogP contribution in [0.15, 0.2) is 0 Å². The van der Waals surface area contributed by atoms with Crippen LogP contribution < -0.4 is 11.1 Å². The van der Waals surface area contributed by atoms with Gasteiger partial charge in [-0.15, -0.1) is 0 Å². The lowest BCUT2D eigenvalue weighted by atomic mass is 10.3. The summed E-state index contributed by atoms with van der Waals surface area (Å²) in [5.74, 6) is -0.649. The molecule has 0 spiro atoms. The number of nitrogens with two attached hydrogens (primary N) is 1. The van der Waals surface area contributed by atoms with Crippen molar-refractivity contribution < 1.29 is 9.59 Å². The van der Waals surface area contributed by atoms with E-state index in [9.17, 15) is 9.59 Å². The second-order valence-electron chi connectivity index (χ2n) is 1.83. The van der Waals surface area contributed by atoms with Crippen LogP contribution in [0.3, 0.4) is 0 Å². The Balaban J connectivity index is 3.73. The molecule has 1 atom stereocenters. The van der Waals surface area contributed by atoms with E-state index in [-0.39, 0.29) is 5.75 Å². The number of hydrogen-bond donors (Lipinski definition) is 3. The maximum Gasteiger partial charge on any atom is 0.244 e. The van der Waals surface area contributed by atoms with Crippen molar-refractivity contribution in [2.24, 2.45) is 5.73 Å². The van der Waals surface area contributed by atoms with Crippen LogP contribution in [-0.2, 0) is 9.59 Å². The van der Waals surface area contributed by atoms with Crippen molar-refractivity contribution in [3.8, 4) is 0 Å². The summed E-state index contributed by atoms with van der Waals surface area (Å²) in [6.07, 6.45) is 0. The lowest BCUT2D eigenvalue weighted by molar-refractivity contribution is -0.129. The van der Waals surface area contributed by atoms with Crippen LogP contribution in [0, 0.1) is 0 Å². The summed E-state index contributed by atoms with van der Waals surface area (Å²) >= 11 is 3.78. The number of amides is 2. The van der Waals surface area contributed by atoms with Crippen LogP contribution in [0.2, 0.25) is 0 Å². The van der Waals surface area contributed by atoms with E-state index >= 15 is 0 Å². The Bertz CT molecular complexity index is 149. The highest BCUT2D eigenvalue weighted by atomic mass is 32.1. The molecule has 10 heavy (non-hydrogen) atoms. The Kier molecular flexibility index (Phi) is 4.06. The summed E-state index contributed by atoms with van der Waals surface area (Å²) in [5.41, 5.74) is 5.22. The summed E-state index contributed by atoms with van der Waals surface area (Å²) in [4.78, 5) is 20.9. The largest absolute Gasteiger partial charge is 0.319 e. The molecular formula is C5H10N2O2S. The summed E-state index contributed by atoms with van der Waals surface area (Å²) < 4.78 is 0. The zero-order chi connectivity index (χ0) is 8.15. The lowest BCUT2D eigenvalue weighted by Crippen LogP contribution is -2.43. The number of hydrogen-bond acceptors (Lipinski definition) is 4. The van der Waals surface area contributed by atoms with E-state index < -0.39 is 17.9 Å². The Morgan fingerprint density at radius 2 is 2.20 bits per heavy atom. The van der Waals surface area contributed by atoms with Gasteiger partial charge in [-0.05, 0) is 0 Å². The predicted molar refractivity (Wildman–Crippen MR) is 40.7 cm³/mol. The third-order valence-corrected chi connectivity index (χ3v) is 1.23. The molecule has 0 aliphatic heterocycles. The van der Waals surface area contributed by atoms with E-state index in [1.165, 1.54) is 6.92 Å². The molecule has 0 heterocycles. The molecule has 58 valence electrons. The van der Waals surface area contributed by atoms with Crippen molar-refractivity contribution in [1.82, 2.24) is 5.32 Å². The number of carbonyl (C=O) groups excluding carboxylic acids is 2. The van der Waals surface area contributed by atoms with E-state index in [1.54, 1.807) is 0 Å². The highest BCUT2D eigenvalue weighted by molar-refractivity contribution is 7.80. The molecule has 0 fully saturated rings. The molecule has 4 nitrogen and oxygen atoms in total. The van der Waals surface area contributed by atoms with Gasteiger partial charge in [0.1, 0.15) is 0 Å². The van der Waals surface area contributed by atoms with Gasteiger partial charge >= 0.3 is 0 Å². The van der Waals surface area contributed by atoms with E-state index in [0.717, 1.165) is 0 Å². The van der Waals surface area contributed by atoms with E-state index in [4.69, 9.17) is 5.73 Å². The molecule has 0 aromatic rings. The first kappa shape index (κ1) is 9.45. The molecule has 0 unspecified atom stereocenters. The maximum atomic E-state index is 10.7. The van der Waals surface area contributed by atoms with Crippen LogP contribution in [0.25, 0.3) is 0 Å². The quantitative estimate of drug-likeness (QED) is 0.452. The van der Waals surface area contributed by atoms with Crippen LogP contribution in [0.5, 0.6) is 0 Å². The molecular weight excluding hydrogens is 152 g/mol. The molecule has 0 rings (SSSR count). The van der Waals surface area contributed by atoms with Gasteiger partial charge in [0, 0.05) is 12.7 Å². The van der Waals surface area contributed by atoms with Crippen molar-refractivity contribution in [2.45, 2.75) is 13.0 Å². The minimum atomic E-state index is -0.702. The topological polar surface area (TPSA) is 72.2 Å². The third kappa shape index (κ3) is 3.47. The first-order valence-corrected chi connectivity index (χ1v) is 3.39. The molecule has 0 radical (unpaired) electrons. The van der Waals surface area contributed by atoms with Crippen molar-refractivity contribution >= 4 is 24.4 Å². The molecule has 2 amide bonds. The molecule has 0 saturated carbocycles. The Labute approximate surface area is 64.6 Å². The zero-order valence-corrected chi connectivity index (χ0v) is 6.52. The van der Waals surface area contributed by atoms with Gasteiger partial charge in [-0.25, -0.2) is 0 Å². The van der Waals surface area contributed by atoms with Crippen LogP contribution in [0.1, 0.15) is 6.92 Å². The van der Waals surface area contributed by atoms with Gasteiger partial charge in [-0.2, -0.15) is 12.6 Å². The average molecular weight is 162 g/mol. The molecule has 0 bridgehead atoms. The first-order valence-electron chi connectivity index (χ1n) is 2.75.